The van der Waals surface area contributed by atoms with Gasteiger partial charge in [0, 0.05) is 22.3 Å². The molecule has 5 nitrogen and oxygen atoms in total. The van der Waals surface area contributed by atoms with E-state index in [-0.39, 0.29) is 0 Å². The fourth-order valence-electron chi connectivity index (χ4n) is 3.20. The minimum absolute atomic E-state index is 0.545. The van der Waals surface area contributed by atoms with Crippen molar-refractivity contribution in [2.24, 2.45) is 0 Å². The fraction of sp³-hybridized carbons (Fsp3) is 0.227. The minimum Gasteiger partial charge on any atom is -0.444 e. The number of oxazole rings is 1. The summed E-state index contributed by atoms with van der Waals surface area (Å²) in [4.78, 5) is 4.61. The van der Waals surface area contributed by atoms with Gasteiger partial charge in [-0.1, -0.05) is 53.7 Å². The maximum absolute atomic E-state index is 5.95. The highest BCUT2D eigenvalue weighted by Crippen LogP contribution is 2.40. The number of nitrogens with zero attached hydrogens (tertiary/aromatic N) is 4. The molecule has 29 heavy (non-hydrogen) atoms. The maximum atomic E-state index is 5.95. The molecule has 0 N–H and O–H groups in total. The van der Waals surface area contributed by atoms with E-state index < -0.39 is 0 Å². The summed E-state index contributed by atoms with van der Waals surface area (Å²) in [6.07, 6.45) is 4.10. The van der Waals surface area contributed by atoms with Gasteiger partial charge in [-0.15, -0.1) is 10.2 Å². The van der Waals surface area contributed by atoms with Gasteiger partial charge in [0.1, 0.15) is 12.1 Å². The molecular weight excluding hydrogens is 404 g/mol. The summed E-state index contributed by atoms with van der Waals surface area (Å²) < 4.78 is 7.90. The van der Waals surface area contributed by atoms with Crippen molar-refractivity contribution in [1.82, 2.24) is 19.7 Å². The van der Waals surface area contributed by atoms with Crippen LogP contribution in [0.15, 0.2) is 70.4 Å². The van der Waals surface area contributed by atoms with E-state index in [1.165, 1.54) is 18.4 Å². The molecule has 2 aromatic carbocycles. The Bertz CT molecular complexity index is 1100. The Kier molecular flexibility index (Phi) is 5.12. The quantitative estimate of drug-likeness (QED) is 0.352. The summed E-state index contributed by atoms with van der Waals surface area (Å²) in [7, 11) is 0. The van der Waals surface area contributed by atoms with Gasteiger partial charge in [-0.05, 0) is 42.7 Å². The molecule has 0 unspecified atom stereocenters. The average molecular weight is 423 g/mol. The van der Waals surface area contributed by atoms with Crippen molar-refractivity contribution in [3.63, 3.8) is 0 Å². The normalized spacial score (nSPS) is 13.7. The molecule has 1 aliphatic carbocycles. The van der Waals surface area contributed by atoms with Crippen LogP contribution in [0.1, 0.15) is 35.8 Å². The highest BCUT2D eigenvalue weighted by Gasteiger charge is 2.30. The molecule has 0 saturated heterocycles. The smallest absolute Gasteiger partial charge is 0.226 e. The molecule has 5 rings (SSSR count). The van der Waals surface area contributed by atoms with Crippen LogP contribution in [0.5, 0.6) is 0 Å². The van der Waals surface area contributed by atoms with Gasteiger partial charge in [0.25, 0.3) is 0 Å². The van der Waals surface area contributed by atoms with E-state index in [0.717, 1.165) is 28.8 Å². The van der Waals surface area contributed by atoms with Gasteiger partial charge in [-0.3, -0.25) is 0 Å². The first kappa shape index (κ1) is 18.5. The molecule has 0 amide bonds. The molecule has 0 spiro atoms. The van der Waals surface area contributed by atoms with E-state index in [1.807, 2.05) is 30.3 Å². The zero-order chi connectivity index (χ0) is 19.6. The molecule has 1 aliphatic rings. The van der Waals surface area contributed by atoms with E-state index in [0.29, 0.717) is 22.6 Å². The van der Waals surface area contributed by atoms with Gasteiger partial charge >= 0.3 is 0 Å². The maximum Gasteiger partial charge on any atom is 0.226 e. The summed E-state index contributed by atoms with van der Waals surface area (Å²) in [5.74, 6) is 2.92. The zero-order valence-electron chi connectivity index (χ0n) is 15.7. The van der Waals surface area contributed by atoms with Crippen LogP contribution >= 0.6 is 23.4 Å². The summed E-state index contributed by atoms with van der Waals surface area (Å²) in [6.45, 7) is 0.789. The first-order valence-electron chi connectivity index (χ1n) is 9.56. The number of rotatable bonds is 7. The lowest BCUT2D eigenvalue weighted by Gasteiger charge is -2.09. The summed E-state index contributed by atoms with van der Waals surface area (Å²) >= 11 is 7.60. The lowest BCUT2D eigenvalue weighted by molar-refractivity contribution is 0.573. The predicted molar refractivity (Wildman–Crippen MR) is 114 cm³/mol. The van der Waals surface area contributed by atoms with Gasteiger partial charge in [0.05, 0.1) is 12.2 Å². The van der Waals surface area contributed by atoms with E-state index in [4.69, 9.17) is 16.0 Å². The number of thioether (sulfide) groups is 1. The summed E-state index contributed by atoms with van der Waals surface area (Å²) in [6, 6.07) is 17.9. The lowest BCUT2D eigenvalue weighted by Crippen LogP contribution is -2.06. The molecule has 0 bridgehead atoms. The molecule has 0 atom stereocenters. The third-order valence-corrected chi connectivity index (χ3v) is 6.12. The monoisotopic (exact) mass is 422 g/mol. The molecule has 146 valence electrons. The van der Waals surface area contributed by atoms with Crippen LogP contribution in [0.4, 0.5) is 0 Å². The molecule has 7 heteroatoms. The topological polar surface area (TPSA) is 56.7 Å². The van der Waals surface area contributed by atoms with E-state index in [9.17, 15) is 0 Å². The molecule has 1 fully saturated rings. The Morgan fingerprint density at radius 1 is 1.03 bits per heavy atom. The van der Waals surface area contributed by atoms with E-state index >= 15 is 0 Å². The number of aromatic nitrogens is 4. The van der Waals surface area contributed by atoms with Crippen molar-refractivity contribution in [1.29, 1.82) is 0 Å². The predicted octanol–water partition coefficient (Wildman–Crippen LogP) is 5.80. The van der Waals surface area contributed by atoms with Gasteiger partial charge in [0.2, 0.25) is 5.89 Å². The van der Waals surface area contributed by atoms with E-state index in [2.05, 4.69) is 44.0 Å². The van der Waals surface area contributed by atoms with Crippen molar-refractivity contribution in [2.75, 3.05) is 0 Å². The molecule has 2 aromatic heterocycles. The van der Waals surface area contributed by atoms with Crippen molar-refractivity contribution in [3.05, 3.63) is 83.0 Å². The Labute approximate surface area is 178 Å². The molecule has 1 saturated carbocycles. The van der Waals surface area contributed by atoms with Crippen LogP contribution in [0.3, 0.4) is 0 Å². The third-order valence-electron chi connectivity index (χ3n) is 4.86. The molecule has 4 aromatic rings. The van der Waals surface area contributed by atoms with E-state index in [1.54, 1.807) is 18.0 Å². The summed E-state index contributed by atoms with van der Waals surface area (Å²) in [5, 5.41) is 10.6. The largest absolute Gasteiger partial charge is 0.444 e. The van der Waals surface area contributed by atoms with Crippen LogP contribution in [0.25, 0.3) is 11.5 Å². The highest BCUT2D eigenvalue weighted by atomic mass is 35.5. The van der Waals surface area contributed by atoms with Crippen molar-refractivity contribution < 1.29 is 4.42 Å². The first-order chi connectivity index (χ1) is 14.3. The SMILES string of the molecule is Clc1ccc(-c2nc(CSc3nnc(C4CC4)n3Cc3ccccc3)co2)cc1. The second-order valence-corrected chi connectivity index (χ2v) is 8.51. The van der Waals surface area contributed by atoms with Crippen LogP contribution in [0, 0.1) is 0 Å². The van der Waals surface area contributed by atoms with Crippen molar-refractivity contribution >= 4 is 23.4 Å². The molecule has 2 heterocycles. The number of halogens is 1. The first-order valence-corrected chi connectivity index (χ1v) is 10.9. The third kappa shape index (κ3) is 4.23. The Morgan fingerprint density at radius 3 is 2.59 bits per heavy atom. The zero-order valence-corrected chi connectivity index (χ0v) is 17.2. The highest BCUT2D eigenvalue weighted by molar-refractivity contribution is 7.98. The standard InChI is InChI=1S/C22H19ClN4OS/c23-18-10-8-17(9-11-18)21-24-19(13-28-21)14-29-22-26-25-20(16-6-7-16)27(22)12-15-4-2-1-3-5-15/h1-5,8-11,13,16H,6-7,12,14H2. The van der Waals surface area contributed by atoms with Crippen LogP contribution in [-0.4, -0.2) is 19.7 Å². The number of hydrogen-bond donors (Lipinski definition) is 0. The van der Waals surface area contributed by atoms with Gasteiger partial charge < -0.3 is 8.98 Å². The number of hydrogen-bond acceptors (Lipinski definition) is 5. The average Bonchev–Trinajstić information content (AvgIpc) is 3.35. The molecule has 0 radical (unpaired) electrons. The lowest BCUT2D eigenvalue weighted by atomic mass is 10.2. The van der Waals surface area contributed by atoms with Crippen LogP contribution < -0.4 is 0 Å². The Balaban J connectivity index is 1.33. The Hall–Kier alpha value is -2.57. The van der Waals surface area contributed by atoms with Crippen LogP contribution in [0.2, 0.25) is 5.02 Å². The number of benzene rings is 2. The van der Waals surface area contributed by atoms with Crippen molar-refractivity contribution in [2.45, 2.75) is 36.2 Å². The Morgan fingerprint density at radius 2 is 1.83 bits per heavy atom. The molecular formula is C22H19ClN4OS. The van der Waals surface area contributed by atoms with Crippen LogP contribution in [-0.2, 0) is 12.3 Å². The molecule has 0 aliphatic heterocycles. The van der Waals surface area contributed by atoms with Gasteiger partial charge in [-0.2, -0.15) is 0 Å². The van der Waals surface area contributed by atoms with Gasteiger partial charge in [-0.25, -0.2) is 4.98 Å². The fourth-order valence-corrected chi connectivity index (χ4v) is 4.15. The second-order valence-electron chi connectivity index (χ2n) is 7.13. The van der Waals surface area contributed by atoms with Crippen molar-refractivity contribution in [3.8, 4) is 11.5 Å². The minimum atomic E-state index is 0.545. The van der Waals surface area contributed by atoms with Gasteiger partial charge in [0.15, 0.2) is 5.16 Å². The second kappa shape index (κ2) is 8.05. The summed E-state index contributed by atoms with van der Waals surface area (Å²) in [5.41, 5.74) is 3.04.